The normalized spacial score (nSPS) is 10.6. The molecule has 0 bridgehead atoms. The summed E-state index contributed by atoms with van der Waals surface area (Å²) in [5, 5.41) is 0. The minimum atomic E-state index is -0.319. The largest absolute Gasteiger partial charge is 0.369 e. The van der Waals surface area contributed by atoms with Crippen LogP contribution in [0.25, 0.3) is 11.0 Å². The summed E-state index contributed by atoms with van der Waals surface area (Å²) in [5.41, 5.74) is 7.96. The van der Waals surface area contributed by atoms with E-state index in [1.54, 1.807) is 6.33 Å². The molecule has 0 unspecified atom stereocenters. The number of benzene rings is 1. The smallest absolute Gasteiger partial charge is 0.221 e. The molecule has 1 aromatic heterocycles. The van der Waals surface area contributed by atoms with Crippen molar-refractivity contribution in [2.45, 2.75) is 6.42 Å². The fourth-order valence-corrected chi connectivity index (χ4v) is 1.49. The number of carbonyl (C=O) groups excluding carboxylic acids is 1. The lowest BCUT2D eigenvalue weighted by Gasteiger charge is -1.98. The molecule has 0 aliphatic carbocycles. The van der Waals surface area contributed by atoms with Crippen molar-refractivity contribution in [1.29, 1.82) is 0 Å². The van der Waals surface area contributed by atoms with Crippen molar-refractivity contribution in [1.82, 2.24) is 9.55 Å². The number of nitrogens with zero attached hydrogens (tertiary/aromatic N) is 2. The van der Waals surface area contributed by atoms with E-state index >= 15 is 0 Å². The number of hydrogen-bond acceptors (Lipinski definition) is 2. The van der Waals surface area contributed by atoms with Crippen LogP contribution in [0.1, 0.15) is 5.56 Å². The molecule has 1 heterocycles. The molecular formula is C10H11N3O. The van der Waals surface area contributed by atoms with Gasteiger partial charge in [0.05, 0.1) is 23.8 Å². The molecule has 0 spiro atoms. The van der Waals surface area contributed by atoms with Crippen molar-refractivity contribution in [2.75, 3.05) is 0 Å². The quantitative estimate of drug-likeness (QED) is 0.752. The second-order valence-electron chi connectivity index (χ2n) is 3.32. The highest BCUT2D eigenvalue weighted by molar-refractivity contribution is 5.80. The molecule has 2 N–H and O–H groups in total. The van der Waals surface area contributed by atoms with Gasteiger partial charge in [-0.05, 0) is 17.7 Å². The minimum absolute atomic E-state index is 0.270. The van der Waals surface area contributed by atoms with Crippen LogP contribution in [0.5, 0.6) is 0 Å². The van der Waals surface area contributed by atoms with E-state index in [0.29, 0.717) is 0 Å². The van der Waals surface area contributed by atoms with E-state index in [-0.39, 0.29) is 12.3 Å². The summed E-state index contributed by atoms with van der Waals surface area (Å²) in [6, 6.07) is 5.73. The maximum absolute atomic E-state index is 10.7. The molecule has 0 fully saturated rings. The first-order valence-electron chi connectivity index (χ1n) is 4.35. The maximum Gasteiger partial charge on any atom is 0.221 e. The molecule has 0 aliphatic heterocycles. The Morgan fingerprint density at radius 3 is 3.07 bits per heavy atom. The molecule has 1 amide bonds. The third-order valence-corrected chi connectivity index (χ3v) is 2.17. The third-order valence-electron chi connectivity index (χ3n) is 2.17. The lowest BCUT2D eigenvalue weighted by Crippen LogP contribution is -2.13. The van der Waals surface area contributed by atoms with Gasteiger partial charge < -0.3 is 10.3 Å². The molecular weight excluding hydrogens is 178 g/mol. The van der Waals surface area contributed by atoms with E-state index < -0.39 is 0 Å². The van der Waals surface area contributed by atoms with Crippen molar-refractivity contribution in [3.63, 3.8) is 0 Å². The Morgan fingerprint density at radius 1 is 1.57 bits per heavy atom. The van der Waals surface area contributed by atoms with Crippen LogP contribution < -0.4 is 5.73 Å². The lowest BCUT2D eigenvalue weighted by atomic mass is 10.1. The third kappa shape index (κ3) is 1.46. The Balaban J connectivity index is 2.46. The molecule has 0 atom stereocenters. The van der Waals surface area contributed by atoms with E-state index in [1.807, 2.05) is 29.8 Å². The van der Waals surface area contributed by atoms with Gasteiger partial charge in [0.15, 0.2) is 0 Å². The molecule has 72 valence electrons. The first-order valence-corrected chi connectivity index (χ1v) is 4.35. The van der Waals surface area contributed by atoms with Crippen molar-refractivity contribution in [3.8, 4) is 0 Å². The van der Waals surface area contributed by atoms with E-state index in [9.17, 15) is 4.79 Å². The molecule has 4 heteroatoms. The highest BCUT2D eigenvalue weighted by Gasteiger charge is 2.02. The van der Waals surface area contributed by atoms with Gasteiger partial charge in [0, 0.05) is 7.05 Å². The monoisotopic (exact) mass is 189 g/mol. The second-order valence-corrected chi connectivity index (χ2v) is 3.32. The number of amides is 1. The Hall–Kier alpha value is -1.84. The SMILES string of the molecule is Cn1cnc2cc(CC(N)=O)ccc21. The Bertz CT molecular complexity index is 487. The number of fused-ring (bicyclic) bond motifs is 1. The van der Waals surface area contributed by atoms with Crippen molar-refractivity contribution in [3.05, 3.63) is 30.1 Å². The average molecular weight is 189 g/mol. The zero-order valence-electron chi connectivity index (χ0n) is 7.90. The van der Waals surface area contributed by atoms with Crippen LogP contribution >= 0.6 is 0 Å². The molecule has 0 saturated heterocycles. The summed E-state index contributed by atoms with van der Waals surface area (Å²) >= 11 is 0. The topological polar surface area (TPSA) is 60.9 Å². The number of aromatic nitrogens is 2. The Labute approximate surface area is 81.3 Å². The van der Waals surface area contributed by atoms with Crippen molar-refractivity contribution in [2.24, 2.45) is 12.8 Å². The van der Waals surface area contributed by atoms with Gasteiger partial charge in [-0.1, -0.05) is 6.07 Å². The first kappa shape index (κ1) is 8.74. The number of rotatable bonds is 2. The number of nitrogens with two attached hydrogens (primary N) is 1. The van der Waals surface area contributed by atoms with E-state index in [1.165, 1.54) is 0 Å². The number of primary amides is 1. The van der Waals surface area contributed by atoms with Crippen LogP contribution in [0, 0.1) is 0 Å². The van der Waals surface area contributed by atoms with Gasteiger partial charge in [-0.15, -0.1) is 0 Å². The molecule has 14 heavy (non-hydrogen) atoms. The summed E-state index contributed by atoms with van der Waals surface area (Å²) in [5.74, 6) is -0.319. The van der Waals surface area contributed by atoms with Crippen LogP contribution in [0.2, 0.25) is 0 Å². The van der Waals surface area contributed by atoms with Gasteiger partial charge in [0.25, 0.3) is 0 Å². The summed E-state index contributed by atoms with van der Waals surface area (Å²) in [4.78, 5) is 14.9. The predicted molar refractivity (Wildman–Crippen MR) is 53.6 cm³/mol. The van der Waals surface area contributed by atoms with E-state index in [4.69, 9.17) is 5.73 Å². The summed E-state index contributed by atoms with van der Waals surface area (Å²) in [6.07, 6.45) is 2.02. The number of hydrogen-bond donors (Lipinski definition) is 1. The number of aryl methyl sites for hydroxylation is 1. The average Bonchev–Trinajstić information content (AvgIpc) is 2.46. The standard InChI is InChI=1S/C10H11N3O/c1-13-6-12-8-4-7(5-10(11)14)2-3-9(8)13/h2-4,6H,5H2,1H3,(H2,11,14). The van der Waals surface area contributed by atoms with Gasteiger partial charge in [-0.3, -0.25) is 4.79 Å². The highest BCUT2D eigenvalue weighted by Crippen LogP contribution is 2.13. The minimum Gasteiger partial charge on any atom is -0.369 e. The van der Waals surface area contributed by atoms with Crippen LogP contribution in [-0.4, -0.2) is 15.5 Å². The summed E-state index contributed by atoms with van der Waals surface area (Å²) in [7, 11) is 1.93. The van der Waals surface area contributed by atoms with Gasteiger partial charge in [0.2, 0.25) is 5.91 Å². The van der Waals surface area contributed by atoms with Crippen LogP contribution in [0.15, 0.2) is 24.5 Å². The van der Waals surface area contributed by atoms with Gasteiger partial charge in [-0.25, -0.2) is 4.98 Å². The zero-order valence-corrected chi connectivity index (χ0v) is 7.90. The Kier molecular flexibility index (Phi) is 1.96. The molecule has 0 radical (unpaired) electrons. The van der Waals surface area contributed by atoms with Crippen LogP contribution in [0.3, 0.4) is 0 Å². The predicted octanol–water partition coefficient (Wildman–Crippen LogP) is 0.601. The fraction of sp³-hybridized carbons (Fsp3) is 0.200. The van der Waals surface area contributed by atoms with Crippen LogP contribution in [-0.2, 0) is 18.3 Å². The highest BCUT2D eigenvalue weighted by atomic mass is 16.1. The summed E-state index contributed by atoms with van der Waals surface area (Å²) < 4.78 is 1.93. The maximum atomic E-state index is 10.7. The van der Waals surface area contributed by atoms with Gasteiger partial charge >= 0.3 is 0 Å². The molecule has 1 aromatic carbocycles. The zero-order chi connectivity index (χ0) is 10.1. The number of carbonyl (C=O) groups is 1. The van der Waals surface area contributed by atoms with Crippen molar-refractivity contribution >= 4 is 16.9 Å². The molecule has 4 nitrogen and oxygen atoms in total. The first-order chi connectivity index (χ1) is 6.66. The molecule has 2 aromatic rings. The van der Waals surface area contributed by atoms with E-state index in [0.717, 1.165) is 16.6 Å². The fourth-order valence-electron chi connectivity index (χ4n) is 1.49. The second kappa shape index (κ2) is 3.14. The van der Waals surface area contributed by atoms with Gasteiger partial charge in [-0.2, -0.15) is 0 Å². The molecule has 0 saturated carbocycles. The van der Waals surface area contributed by atoms with Gasteiger partial charge in [0.1, 0.15) is 0 Å². The lowest BCUT2D eigenvalue weighted by molar-refractivity contribution is -0.117. The van der Waals surface area contributed by atoms with Crippen LogP contribution in [0.4, 0.5) is 0 Å². The Morgan fingerprint density at radius 2 is 2.36 bits per heavy atom. The summed E-state index contributed by atoms with van der Waals surface area (Å²) in [6.45, 7) is 0. The van der Waals surface area contributed by atoms with E-state index in [2.05, 4.69) is 4.98 Å². The van der Waals surface area contributed by atoms with Crippen molar-refractivity contribution < 1.29 is 4.79 Å². The number of imidazole rings is 1. The molecule has 2 rings (SSSR count). The molecule has 0 aliphatic rings.